The van der Waals surface area contributed by atoms with E-state index in [2.05, 4.69) is 24.1 Å². The van der Waals surface area contributed by atoms with Crippen molar-refractivity contribution in [3.8, 4) is 0 Å². The molecule has 1 aromatic rings. The van der Waals surface area contributed by atoms with Crippen LogP contribution in [0.25, 0.3) is 0 Å². The summed E-state index contributed by atoms with van der Waals surface area (Å²) >= 11 is 0. The standard InChI is InChI=1S/C36H57N5O12/c1-4-5-6-7-8-9-10-11-12-13-14-15-20-50-34(48)22-16-18-39(2)25(32(47)40(22)3)30(53-35-29(46)26(43)23(21-37)51-35)31-27(44)28(45)33(52-31)41-19-17-24(42)38-36(41)49/h5-6,16-17,19,23,25-31,33,35,43-46H,4,7-15,18,20-21,37H2,1-3H3,(H,38,42,49)/b6-5-/t23-,25+,26-,27+,28-,29-,30+,31+,33-,35+/m1/s1. The zero-order chi connectivity index (χ0) is 38.7. The largest absolute Gasteiger partial charge is 0.461 e. The van der Waals surface area contributed by atoms with E-state index < -0.39 is 84.4 Å². The van der Waals surface area contributed by atoms with Gasteiger partial charge in [-0.3, -0.25) is 24.0 Å². The molecule has 0 aliphatic carbocycles. The molecule has 298 valence electrons. The SMILES string of the molecule is CC/C=C\CCCCCCCCCCOC(=O)C1=CCN(C)[C@@H]([C@H](O[C@@H]2O[C@H](CN)[C@@H](O)[C@H]2O)[C@H]2O[C@@H](n3ccc(=O)[nH]c3=O)[C@H](O)[C@@H]2O)C(=O)N1C. The number of allylic oxidation sites excluding steroid dienone is 2. The molecular formula is C36H57N5O12. The van der Waals surface area contributed by atoms with Gasteiger partial charge >= 0.3 is 11.7 Å². The third-order valence-corrected chi connectivity index (χ3v) is 9.98. The first-order chi connectivity index (χ1) is 25.4. The number of aromatic amines is 1. The normalized spacial score (nSPS) is 30.2. The van der Waals surface area contributed by atoms with Crippen LogP contribution in [0.3, 0.4) is 0 Å². The summed E-state index contributed by atoms with van der Waals surface area (Å²) in [7, 11) is 2.95. The minimum absolute atomic E-state index is 0.0155. The summed E-state index contributed by atoms with van der Waals surface area (Å²) in [6.45, 7) is 2.17. The van der Waals surface area contributed by atoms with Gasteiger partial charge in [0.15, 0.2) is 12.5 Å². The van der Waals surface area contributed by atoms with Gasteiger partial charge in [0.1, 0.15) is 54.5 Å². The van der Waals surface area contributed by atoms with Crippen LogP contribution < -0.4 is 17.0 Å². The van der Waals surface area contributed by atoms with Crippen LogP contribution in [-0.2, 0) is 28.5 Å². The Bertz CT molecular complexity index is 1520. The summed E-state index contributed by atoms with van der Waals surface area (Å²) < 4.78 is 24.2. The Kier molecular flexibility index (Phi) is 16.4. The zero-order valence-electron chi connectivity index (χ0n) is 30.8. The number of rotatable bonds is 19. The number of amides is 1. The number of nitrogens with zero attached hydrogens (tertiary/aromatic N) is 3. The highest BCUT2D eigenvalue weighted by molar-refractivity contribution is 5.96. The average molecular weight is 752 g/mol. The van der Waals surface area contributed by atoms with Crippen LogP contribution in [0.4, 0.5) is 0 Å². The fraction of sp³-hybridized carbons (Fsp3) is 0.722. The molecule has 7 N–H and O–H groups in total. The molecule has 0 unspecified atom stereocenters. The highest BCUT2D eigenvalue weighted by atomic mass is 16.7. The minimum Gasteiger partial charge on any atom is -0.461 e. The van der Waals surface area contributed by atoms with E-state index in [0.29, 0.717) is 6.42 Å². The molecule has 1 aromatic heterocycles. The smallest absolute Gasteiger partial charge is 0.354 e. The number of ether oxygens (including phenoxy) is 4. The topological polar surface area (TPSA) is 239 Å². The van der Waals surface area contributed by atoms with Gasteiger partial charge in [-0.15, -0.1) is 0 Å². The molecule has 0 aromatic carbocycles. The van der Waals surface area contributed by atoms with Crippen molar-refractivity contribution >= 4 is 11.9 Å². The molecule has 53 heavy (non-hydrogen) atoms. The first-order valence-corrected chi connectivity index (χ1v) is 18.6. The van der Waals surface area contributed by atoms with Gasteiger partial charge in [0.25, 0.3) is 5.56 Å². The Hall–Kier alpha value is -3.26. The van der Waals surface area contributed by atoms with Crippen molar-refractivity contribution in [3.05, 3.63) is 57.0 Å². The first kappa shape index (κ1) is 42.5. The van der Waals surface area contributed by atoms with Crippen LogP contribution >= 0.6 is 0 Å². The maximum Gasteiger partial charge on any atom is 0.354 e. The second-order valence-electron chi connectivity index (χ2n) is 13.9. The van der Waals surface area contributed by atoms with Crippen molar-refractivity contribution in [1.29, 1.82) is 0 Å². The number of hydrogen-bond donors (Lipinski definition) is 6. The van der Waals surface area contributed by atoms with Gasteiger partial charge in [0.2, 0.25) is 5.91 Å². The number of H-pyrrole nitrogens is 1. The van der Waals surface area contributed by atoms with Gasteiger partial charge in [0, 0.05) is 32.4 Å². The Balaban J connectivity index is 1.42. The second-order valence-corrected chi connectivity index (χ2v) is 13.9. The maximum absolute atomic E-state index is 14.2. The van der Waals surface area contributed by atoms with Crippen LogP contribution in [0, 0.1) is 0 Å². The molecule has 1 amide bonds. The van der Waals surface area contributed by atoms with E-state index in [-0.39, 0.29) is 25.4 Å². The fourth-order valence-corrected chi connectivity index (χ4v) is 6.87. The lowest BCUT2D eigenvalue weighted by Gasteiger charge is -2.38. The molecule has 3 aliphatic rings. The maximum atomic E-state index is 14.2. The van der Waals surface area contributed by atoms with E-state index >= 15 is 0 Å². The molecule has 17 heteroatoms. The van der Waals surface area contributed by atoms with E-state index in [1.165, 1.54) is 43.7 Å². The first-order valence-electron chi connectivity index (χ1n) is 18.6. The average Bonchev–Trinajstić information content (AvgIpc) is 3.54. The number of nitrogens with one attached hydrogen (secondary N) is 1. The molecule has 4 rings (SSSR count). The molecule has 3 aliphatic heterocycles. The van der Waals surface area contributed by atoms with Crippen molar-refractivity contribution in [3.63, 3.8) is 0 Å². The summed E-state index contributed by atoms with van der Waals surface area (Å²) in [5.74, 6) is -1.38. The van der Waals surface area contributed by atoms with Crippen molar-refractivity contribution in [1.82, 2.24) is 19.4 Å². The summed E-state index contributed by atoms with van der Waals surface area (Å²) in [5.41, 5.74) is 4.05. The number of aliphatic hydroxyl groups excluding tert-OH is 4. The highest BCUT2D eigenvalue weighted by Gasteiger charge is 2.55. The predicted molar refractivity (Wildman–Crippen MR) is 191 cm³/mol. The predicted octanol–water partition coefficient (Wildman–Crippen LogP) is -0.377. The van der Waals surface area contributed by atoms with Crippen molar-refractivity contribution in [2.24, 2.45) is 5.73 Å². The number of likely N-dealkylation sites (N-methyl/N-ethyl adjacent to an activating group) is 2. The molecular weight excluding hydrogens is 694 g/mol. The van der Waals surface area contributed by atoms with Crippen LogP contribution in [0.2, 0.25) is 0 Å². The van der Waals surface area contributed by atoms with E-state index in [0.717, 1.165) is 53.8 Å². The van der Waals surface area contributed by atoms with Gasteiger partial charge in [-0.25, -0.2) is 9.59 Å². The van der Waals surface area contributed by atoms with Gasteiger partial charge in [-0.2, -0.15) is 0 Å². The highest BCUT2D eigenvalue weighted by Crippen LogP contribution is 2.36. The summed E-state index contributed by atoms with van der Waals surface area (Å²) in [5, 5.41) is 43.5. The molecule has 2 saturated heterocycles. The van der Waals surface area contributed by atoms with Crippen LogP contribution in [0.15, 0.2) is 45.8 Å². The van der Waals surface area contributed by atoms with E-state index in [4.69, 9.17) is 24.7 Å². The lowest BCUT2D eigenvalue weighted by Crippen LogP contribution is -2.59. The van der Waals surface area contributed by atoms with Crippen molar-refractivity contribution < 1.29 is 49.0 Å². The Morgan fingerprint density at radius 1 is 0.962 bits per heavy atom. The quantitative estimate of drug-likeness (QED) is 0.0601. The number of nitrogens with two attached hydrogens (primary N) is 1. The lowest BCUT2D eigenvalue weighted by molar-refractivity contribution is -0.232. The Morgan fingerprint density at radius 2 is 1.64 bits per heavy atom. The number of aromatic nitrogens is 2. The molecule has 0 radical (unpaired) electrons. The van der Waals surface area contributed by atoms with E-state index in [1.54, 1.807) is 7.05 Å². The third kappa shape index (κ3) is 10.7. The second kappa shape index (κ2) is 20.4. The number of unbranched alkanes of at least 4 members (excludes halogenated alkanes) is 8. The Morgan fingerprint density at radius 3 is 2.28 bits per heavy atom. The number of aliphatic hydroxyl groups is 4. The lowest BCUT2D eigenvalue weighted by atomic mass is 9.97. The van der Waals surface area contributed by atoms with Crippen LogP contribution in [-0.4, -0.2) is 141 Å². The molecule has 0 spiro atoms. The van der Waals surface area contributed by atoms with Crippen molar-refractivity contribution in [2.75, 3.05) is 33.8 Å². The number of hydrogen-bond acceptors (Lipinski definition) is 14. The van der Waals surface area contributed by atoms with Gasteiger partial charge < -0.3 is 50.0 Å². The fourth-order valence-electron chi connectivity index (χ4n) is 6.87. The molecule has 2 fully saturated rings. The van der Waals surface area contributed by atoms with Crippen molar-refractivity contribution in [2.45, 2.75) is 132 Å². The third-order valence-electron chi connectivity index (χ3n) is 9.98. The summed E-state index contributed by atoms with van der Waals surface area (Å²) in [4.78, 5) is 56.4. The molecule has 0 saturated carbocycles. The zero-order valence-corrected chi connectivity index (χ0v) is 30.8. The van der Waals surface area contributed by atoms with E-state index in [1.807, 2.05) is 0 Å². The molecule has 4 heterocycles. The van der Waals surface area contributed by atoms with Crippen LogP contribution in [0.1, 0.15) is 77.4 Å². The monoisotopic (exact) mass is 751 g/mol. The molecule has 10 atom stereocenters. The number of esters is 1. The van der Waals surface area contributed by atoms with Gasteiger partial charge in [-0.05, 0) is 38.8 Å². The number of carbonyl (C=O) groups excluding carboxylic acids is 2. The summed E-state index contributed by atoms with van der Waals surface area (Å²) in [6, 6.07) is -0.306. The van der Waals surface area contributed by atoms with Gasteiger partial charge in [0.05, 0.1) is 6.61 Å². The molecule has 0 bridgehead atoms. The number of carbonyl (C=O) groups is 2. The minimum atomic E-state index is -1.77. The van der Waals surface area contributed by atoms with Gasteiger partial charge in [-0.1, -0.05) is 57.6 Å². The summed E-state index contributed by atoms with van der Waals surface area (Å²) in [6.07, 6.45) is 4.08. The molecule has 17 nitrogen and oxygen atoms in total. The Labute approximate surface area is 308 Å². The van der Waals surface area contributed by atoms with E-state index in [9.17, 15) is 39.6 Å². The van der Waals surface area contributed by atoms with Crippen LogP contribution in [0.5, 0.6) is 0 Å².